The molecule has 0 N–H and O–H groups in total. The van der Waals surface area contributed by atoms with Gasteiger partial charge in [0.1, 0.15) is 0 Å². The number of epoxide rings is 1. The Kier molecular flexibility index (Phi) is 1.92. The number of fused-ring (bicyclic) bond motifs is 2. The van der Waals surface area contributed by atoms with Gasteiger partial charge in [0.2, 0.25) is 0 Å². The first kappa shape index (κ1) is 9.00. The van der Waals surface area contributed by atoms with E-state index >= 15 is 0 Å². The Bertz CT molecular complexity index is 235. The van der Waals surface area contributed by atoms with Crippen LogP contribution in [0.3, 0.4) is 0 Å². The molecule has 2 heterocycles. The maximum Gasteiger partial charge on any atom is 0.0936 e. The highest BCUT2D eigenvalue weighted by molar-refractivity contribution is 4.99. The van der Waals surface area contributed by atoms with E-state index in [1.165, 1.54) is 19.6 Å². The molecular weight excluding hydrogens is 186 g/mol. The van der Waals surface area contributed by atoms with Gasteiger partial charge in [0.05, 0.1) is 12.7 Å². The molecule has 0 aromatic rings. The van der Waals surface area contributed by atoms with Gasteiger partial charge in [-0.25, -0.2) is 0 Å². The Labute approximate surface area is 92.0 Å². The van der Waals surface area contributed by atoms with Crippen LogP contribution < -0.4 is 0 Å². The lowest BCUT2D eigenvalue weighted by molar-refractivity contribution is 0.0577. The van der Waals surface area contributed by atoms with Crippen molar-refractivity contribution in [1.29, 1.82) is 0 Å². The van der Waals surface area contributed by atoms with E-state index in [2.05, 4.69) is 4.90 Å². The highest BCUT2D eigenvalue weighted by atomic mass is 16.6. The normalized spacial score (nSPS) is 53.2. The van der Waals surface area contributed by atoms with E-state index in [1.54, 1.807) is 25.7 Å². The van der Waals surface area contributed by atoms with Crippen LogP contribution in [0.5, 0.6) is 0 Å². The van der Waals surface area contributed by atoms with Crippen molar-refractivity contribution in [2.45, 2.75) is 31.8 Å². The zero-order valence-electron chi connectivity index (χ0n) is 9.40. The number of hydrogen-bond donors (Lipinski definition) is 0. The standard InChI is InChI=1S/C13H21NO/c1-2-10-4-3-9(1)12-6-14(7-13(10)12)5-11-8-15-11/h9-13H,1-8H2/t9?,10?,11-,12?,13?/m0/s1. The average Bonchev–Trinajstić information content (AvgIpc) is 2.96. The molecule has 2 heteroatoms. The number of rotatable bonds is 2. The number of ether oxygens (including phenoxy) is 1. The largest absolute Gasteiger partial charge is 0.372 e. The number of hydrogen-bond acceptors (Lipinski definition) is 2. The molecule has 2 nitrogen and oxygen atoms in total. The van der Waals surface area contributed by atoms with E-state index in [-0.39, 0.29) is 0 Å². The van der Waals surface area contributed by atoms with E-state index in [1.807, 2.05) is 0 Å². The molecule has 2 unspecified atom stereocenters. The van der Waals surface area contributed by atoms with Gasteiger partial charge in [0, 0.05) is 19.6 Å². The molecular formula is C13H21NO. The minimum Gasteiger partial charge on any atom is -0.372 e. The Morgan fingerprint density at radius 2 is 1.47 bits per heavy atom. The van der Waals surface area contributed by atoms with Crippen LogP contribution in [0.15, 0.2) is 0 Å². The molecule has 0 aromatic heterocycles. The summed E-state index contributed by atoms with van der Waals surface area (Å²) in [4.78, 5) is 2.70. The van der Waals surface area contributed by atoms with Gasteiger partial charge in [-0.1, -0.05) is 0 Å². The zero-order chi connectivity index (χ0) is 9.83. The Morgan fingerprint density at radius 1 is 0.933 bits per heavy atom. The molecule has 15 heavy (non-hydrogen) atoms. The first-order valence-corrected chi connectivity index (χ1v) is 6.74. The van der Waals surface area contributed by atoms with Crippen molar-refractivity contribution in [2.75, 3.05) is 26.2 Å². The summed E-state index contributed by atoms with van der Waals surface area (Å²) in [5.41, 5.74) is 0. The summed E-state index contributed by atoms with van der Waals surface area (Å²) in [5.74, 6) is 4.31. The van der Waals surface area contributed by atoms with Gasteiger partial charge in [0.25, 0.3) is 0 Å². The van der Waals surface area contributed by atoms with Crippen LogP contribution in [-0.4, -0.2) is 37.2 Å². The topological polar surface area (TPSA) is 15.8 Å². The lowest BCUT2D eigenvalue weighted by Gasteiger charge is -2.45. The lowest BCUT2D eigenvalue weighted by Crippen LogP contribution is -2.38. The molecule has 2 bridgehead atoms. The van der Waals surface area contributed by atoms with E-state index in [0.717, 1.165) is 30.3 Å². The molecule has 84 valence electrons. The molecule has 0 radical (unpaired) electrons. The highest BCUT2D eigenvalue weighted by Crippen LogP contribution is 2.51. The highest BCUT2D eigenvalue weighted by Gasteiger charge is 2.48. The summed E-state index contributed by atoms with van der Waals surface area (Å²) >= 11 is 0. The van der Waals surface area contributed by atoms with Crippen LogP contribution in [0.25, 0.3) is 0 Å². The van der Waals surface area contributed by atoms with Crippen molar-refractivity contribution in [2.24, 2.45) is 23.7 Å². The second-order valence-corrected chi connectivity index (χ2v) is 6.18. The van der Waals surface area contributed by atoms with E-state index in [9.17, 15) is 0 Å². The predicted octanol–water partition coefficient (Wildman–Crippen LogP) is 1.75. The molecule has 2 saturated heterocycles. The van der Waals surface area contributed by atoms with Crippen molar-refractivity contribution >= 4 is 0 Å². The summed E-state index contributed by atoms with van der Waals surface area (Å²) in [7, 11) is 0. The van der Waals surface area contributed by atoms with Gasteiger partial charge in [-0.3, -0.25) is 0 Å². The van der Waals surface area contributed by atoms with Crippen LogP contribution in [0.2, 0.25) is 0 Å². The maximum absolute atomic E-state index is 5.35. The van der Waals surface area contributed by atoms with Gasteiger partial charge in [-0.2, -0.15) is 0 Å². The number of likely N-dealkylation sites (tertiary alicyclic amines) is 1. The third kappa shape index (κ3) is 1.45. The van der Waals surface area contributed by atoms with Crippen molar-refractivity contribution in [3.8, 4) is 0 Å². The number of nitrogens with zero attached hydrogens (tertiary/aromatic N) is 1. The van der Waals surface area contributed by atoms with E-state index < -0.39 is 0 Å². The molecule has 5 aliphatic rings. The smallest absolute Gasteiger partial charge is 0.0936 e. The van der Waals surface area contributed by atoms with Crippen LogP contribution in [0.4, 0.5) is 0 Å². The third-order valence-corrected chi connectivity index (χ3v) is 5.38. The maximum atomic E-state index is 5.35. The molecule has 0 spiro atoms. The average molecular weight is 207 g/mol. The monoisotopic (exact) mass is 207 g/mol. The summed E-state index contributed by atoms with van der Waals surface area (Å²) in [5, 5.41) is 0. The minimum atomic E-state index is 0.600. The second-order valence-electron chi connectivity index (χ2n) is 6.18. The van der Waals surface area contributed by atoms with Crippen LogP contribution in [-0.2, 0) is 4.74 Å². The van der Waals surface area contributed by atoms with Crippen LogP contribution in [0.1, 0.15) is 25.7 Å². The third-order valence-electron chi connectivity index (χ3n) is 5.38. The van der Waals surface area contributed by atoms with Gasteiger partial charge < -0.3 is 9.64 Å². The molecule has 5 rings (SSSR count). The Balaban J connectivity index is 1.48. The lowest BCUT2D eigenvalue weighted by atomic mass is 9.60. The van der Waals surface area contributed by atoms with Crippen LogP contribution >= 0.6 is 0 Å². The van der Waals surface area contributed by atoms with Gasteiger partial charge in [0.15, 0.2) is 0 Å². The van der Waals surface area contributed by atoms with E-state index in [0.29, 0.717) is 6.10 Å². The molecule has 2 aliphatic heterocycles. The minimum absolute atomic E-state index is 0.600. The first-order chi connectivity index (χ1) is 7.40. The zero-order valence-corrected chi connectivity index (χ0v) is 9.40. The van der Waals surface area contributed by atoms with Gasteiger partial charge in [-0.15, -0.1) is 0 Å². The van der Waals surface area contributed by atoms with Gasteiger partial charge >= 0.3 is 0 Å². The first-order valence-electron chi connectivity index (χ1n) is 6.74. The summed E-state index contributed by atoms with van der Waals surface area (Å²) < 4.78 is 5.35. The molecule has 3 saturated carbocycles. The molecule has 0 amide bonds. The van der Waals surface area contributed by atoms with Crippen LogP contribution in [0, 0.1) is 23.7 Å². The Hall–Kier alpha value is -0.0800. The van der Waals surface area contributed by atoms with Gasteiger partial charge in [-0.05, 0) is 49.4 Å². The Morgan fingerprint density at radius 3 is 1.93 bits per heavy atom. The van der Waals surface area contributed by atoms with Crippen molar-refractivity contribution in [3.63, 3.8) is 0 Å². The fourth-order valence-corrected chi connectivity index (χ4v) is 4.55. The van der Waals surface area contributed by atoms with Crippen molar-refractivity contribution in [3.05, 3.63) is 0 Å². The molecule has 5 fully saturated rings. The summed E-state index contributed by atoms with van der Waals surface area (Å²) in [6.07, 6.45) is 6.76. The fourth-order valence-electron chi connectivity index (χ4n) is 4.55. The second kappa shape index (κ2) is 3.21. The predicted molar refractivity (Wildman–Crippen MR) is 58.6 cm³/mol. The molecule has 0 aromatic carbocycles. The summed E-state index contributed by atoms with van der Waals surface area (Å²) in [6, 6.07) is 0. The molecule has 3 aliphatic carbocycles. The molecule has 3 atom stereocenters. The fraction of sp³-hybridized carbons (Fsp3) is 1.00. The summed E-state index contributed by atoms with van der Waals surface area (Å²) in [6.45, 7) is 5.04. The quantitative estimate of drug-likeness (QED) is 0.641. The van der Waals surface area contributed by atoms with Crippen molar-refractivity contribution < 1.29 is 4.74 Å². The van der Waals surface area contributed by atoms with E-state index in [4.69, 9.17) is 4.74 Å². The van der Waals surface area contributed by atoms with Crippen molar-refractivity contribution in [1.82, 2.24) is 4.90 Å². The SMILES string of the molecule is C1CC2CCC1C1CN(C[C@H]3CO3)CC21.